The second kappa shape index (κ2) is 7.45. The van der Waals surface area contributed by atoms with Crippen LogP contribution in [-0.4, -0.2) is 22.4 Å². The van der Waals surface area contributed by atoms with Crippen LogP contribution in [0.15, 0.2) is 42.7 Å². The zero-order chi connectivity index (χ0) is 15.2. The maximum Gasteiger partial charge on any atom is 0.157 e. The maximum absolute atomic E-state index is 5.93. The van der Waals surface area contributed by atoms with Crippen LogP contribution in [-0.2, 0) is 13.0 Å². The van der Waals surface area contributed by atoms with Crippen molar-refractivity contribution >= 4 is 0 Å². The Morgan fingerprint density at radius 1 is 1.14 bits per heavy atom. The molecule has 118 valence electrons. The van der Waals surface area contributed by atoms with Gasteiger partial charge >= 0.3 is 0 Å². The van der Waals surface area contributed by atoms with Crippen molar-refractivity contribution in [2.24, 2.45) is 11.7 Å². The third-order valence-electron chi connectivity index (χ3n) is 4.46. The van der Waals surface area contributed by atoms with E-state index in [2.05, 4.69) is 29.4 Å². The summed E-state index contributed by atoms with van der Waals surface area (Å²) >= 11 is 0. The van der Waals surface area contributed by atoms with Gasteiger partial charge in [0, 0.05) is 12.6 Å². The Morgan fingerprint density at radius 2 is 1.91 bits per heavy atom. The molecule has 2 N–H and O–H groups in total. The lowest BCUT2D eigenvalue weighted by molar-refractivity contribution is 0.200. The van der Waals surface area contributed by atoms with E-state index in [-0.39, 0.29) is 0 Å². The Kier molecular flexibility index (Phi) is 5.11. The first-order valence-corrected chi connectivity index (χ1v) is 8.24. The van der Waals surface area contributed by atoms with Crippen LogP contribution in [0.5, 0.6) is 5.75 Å². The Balaban J connectivity index is 1.43. The van der Waals surface area contributed by atoms with E-state index in [9.17, 15) is 0 Å². The van der Waals surface area contributed by atoms with Crippen LogP contribution in [0.4, 0.5) is 0 Å². The van der Waals surface area contributed by atoms with Gasteiger partial charge in [0.2, 0.25) is 0 Å². The summed E-state index contributed by atoms with van der Waals surface area (Å²) in [4.78, 5) is 0. The summed E-state index contributed by atoms with van der Waals surface area (Å²) < 4.78 is 7.85. The highest BCUT2D eigenvalue weighted by Gasteiger charge is 2.19. The number of aromatic nitrogens is 2. The van der Waals surface area contributed by atoms with Crippen molar-refractivity contribution in [1.29, 1.82) is 0 Å². The Bertz CT molecular complexity index is 559. The van der Waals surface area contributed by atoms with Crippen LogP contribution in [0, 0.1) is 5.92 Å². The SMILES string of the molecule is NC1CCC(COc2cnn(CCc3ccccc3)c2)CC1. The summed E-state index contributed by atoms with van der Waals surface area (Å²) in [6.45, 7) is 1.67. The molecule has 4 heteroatoms. The molecule has 0 aliphatic heterocycles. The molecule has 1 aliphatic carbocycles. The van der Waals surface area contributed by atoms with Gasteiger partial charge in [0.05, 0.1) is 19.0 Å². The van der Waals surface area contributed by atoms with Crippen LogP contribution in [0.1, 0.15) is 31.2 Å². The molecule has 1 saturated carbocycles. The van der Waals surface area contributed by atoms with E-state index in [0.717, 1.165) is 38.2 Å². The van der Waals surface area contributed by atoms with Crippen molar-refractivity contribution in [2.45, 2.75) is 44.7 Å². The van der Waals surface area contributed by atoms with Gasteiger partial charge in [-0.05, 0) is 43.6 Å². The zero-order valence-corrected chi connectivity index (χ0v) is 13.0. The minimum Gasteiger partial charge on any atom is -0.490 e. The highest BCUT2D eigenvalue weighted by molar-refractivity contribution is 5.15. The molecular formula is C18H25N3O. The fourth-order valence-corrected chi connectivity index (χ4v) is 3.00. The lowest BCUT2D eigenvalue weighted by Crippen LogP contribution is -2.28. The average molecular weight is 299 g/mol. The molecule has 4 nitrogen and oxygen atoms in total. The van der Waals surface area contributed by atoms with Gasteiger partial charge in [-0.25, -0.2) is 0 Å². The molecule has 0 bridgehead atoms. The largest absolute Gasteiger partial charge is 0.490 e. The van der Waals surface area contributed by atoms with Gasteiger partial charge in [0.1, 0.15) is 0 Å². The third kappa shape index (κ3) is 4.34. The molecule has 0 radical (unpaired) electrons. The first-order valence-electron chi connectivity index (χ1n) is 8.24. The summed E-state index contributed by atoms with van der Waals surface area (Å²) in [5.41, 5.74) is 7.27. The molecule has 3 rings (SSSR count). The van der Waals surface area contributed by atoms with E-state index in [1.54, 1.807) is 0 Å². The molecule has 0 atom stereocenters. The van der Waals surface area contributed by atoms with E-state index >= 15 is 0 Å². The lowest BCUT2D eigenvalue weighted by Gasteiger charge is -2.25. The van der Waals surface area contributed by atoms with Crippen molar-refractivity contribution in [2.75, 3.05) is 6.61 Å². The molecule has 1 aromatic heterocycles. The number of rotatable bonds is 6. The zero-order valence-electron chi connectivity index (χ0n) is 13.0. The minimum atomic E-state index is 0.400. The van der Waals surface area contributed by atoms with Crippen LogP contribution in [0.3, 0.4) is 0 Å². The molecule has 22 heavy (non-hydrogen) atoms. The first kappa shape index (κ1) is 15.1. The number of ether oxygens (including phenoxy) is 1. The minimum absolute atomic E-state index is 0.400. The predicted molar refractivity (Wildman–Crippen MR) is 87.8 cm³/mol. The smallest absolute Gasteiger partial charge is 0.157 e. The van der Waals surface area contributed by atoms with Gasteiger partial charge in [-0.15, -0.1) is 0 Å². The lowest BCUT2D eigenvalue weighted by atomic mass is 9.87. The maximum atomic E-state index is 5.93. The summed E-state index contributed by atoms with van der Waals surface area (Å²) in [5.74, 6) is 1.52. The number of hydrogen-bond acceptors (Lipinski definition) is 3. The Hall–Kier alpha value is -1.81. The third-order valence-corrected chi connectivity index (χ3v) is 4.46. The van der Waals surface area contributed by atoms with E-state index in [1.807, 2.05) is 23.1 Å². The summed E-state index contributed by atoms with van der Waals surface area (Å²) in [6.07, 6.45) is 9.43. The molecule has 1 fully saturated rings. The van der Waals surface area contributed by atoms with Gasteiger partial charge in [-0.1, -0.05) is 30.3 Å². The molecule has 0 saturated heterocycles. The van der Waals surface area contributed by atoms with E-state index in [1.165, 1.54) is 18.4 Å². The molecule has 2 aromatic rings. The van der Waals surface area contributed by atoms with E-state index < -0.39 is 0 Å². The van der Waals surface area contributed by atoms with Gasteiger partial charge in [0.25, 0.3) is 0 Å². The quantitative estimate of drug-likeness (QED) is 0.892. The van der Waals surface area contributed by atoms with Gasteiger partial charge in [-0.2, -0.15) is 5.10 Å². The summed E-state index contributed by atoms with van der Waals surface area (Å²) in [7, 11) is 0. The Labute approximate surface area is 132 Å². The topological polar surface area (TPSA) is 53.1 Å². The Morgan fingerprint density at radius 3 is 2.68 bits per heavy atom. The molecule has 1 heterocycles. The van der Waals surface area contributed by atoms with E-state index in [0.29, 0.717) is 12.0 Å². The van der Waals surface area contributed by atoms with Crippen molar-refractivity contribution in [1.82, 2.24) is 9.78 Å². The highest BCUT2D eigenvalue weighted by atomic mass is 16.5. The van der Waals surface area contributed by atoms with Gasteiger partial charge < -0.3 is 10.5 Å². The number of nitrogens with two attached hydrogens (primary N) is 1. The van der Waals surface area contributed by atoms with Crippen LogP contribution < -0.4 is 10.5 Å². The molecule has 0 unspecified atom stereocenters. The van der Waals surface area contributed by atoms with Crippen LogP contribution in [0.2, 0.25) is 0 Å². The van der Waals surface area contributed by atoms with Crippen molar-refractivity contribution in [3.8, 4) is 5.75 Å². The van der Waals surface area contributed by atoms with Crippen LogP contribution >= 0.6 is 0 Å². The molecule has 0 spiro atoms. The standard InChI is InChI=1S/C18H25N3O/c19-17-8-6-16(7-9-17)14-22-18-12-20-21(13-18)11-10-15-4-2-1-3-5-15/h1-5,12-13,16-17H,6-11,14,19H2. The summed E-state index contributed by atoms with van der Waals surface area (Å²) in [6, 6.07) is 10.9. The number of aryl methyl sites for hydroxylation is 2. The van der Waals surface area contributed by atoms with Crippen molar-refractivity contribution in [3.63, 3.8) is 0 Å². The molecule has 0 amide bonds. The molecule has 1 aliphatic rings. The number of hydrogen-bond donors (Lipinski definition) is 1. The fraction of sp³-hybridized carbons (Fsp3) is 0.500. The second-order valence-electron chi connectivity index (χ2n) is 6.27. The summed E-state index contributed by atoms with van der Waals surface area (Å²) in [5, 5.41) is 4.38. The number of nitrogens with zero attached hydrogens (tertiary/aromatic N) is 2. The second-order valence-corrected chi connectivity index (χ2v) is 6.27. The monoisotopic (exact) mass is 299 g/mol. The van der Waals surface area contributed by atoms with Gasteiger partial charge in [-0.3, -0.25) is 4.68 Å². The number of benzene rings is 1. The first-order chi connectivity index (χ1) is 10.8. The van der Waals surface area contributed by atoms with Crippen molar-refractivity contribution < 1.29 is 4.74 Å². The molecular weight excluding hydrogens is 274 g/mol. The van der Waals surface area contributed by atoms with Crippen LogP contribution in [0.25, 0.3) is 0 Å². The average Bonchev–Trinajstić information content (AvgIpc) is 3.01. The predicted octanol–water partition coefficient (Wildman–Crippen LogP) is 3.02. The fourth-order valence-electron chi connectivity index (χ4n) is 3.00. The highest BCUT2D eigenvalue weighted by Crippen LogP contribution is 2.24. The van der Waals surface area contributed by atoms with Gasteiger partial charge in [0.15, 0.2) is 5.75 Å². The normalized spacial score (nSPS) is 21.7. The van der Waals surface area contributed by atoms with E-state index in [4.69, 9.17) is 10.5 Å². The molecule has 1 aromatic carbocycles. The van der Waals surface area contributed by atoms with Crippen molar-refractivity contribution in [3.05, 3.63) is 48.3 Å².